The number of benzene rings is 1. The zero-order valence-corrected chi connectivity index (χ0v) is 14.2. The van der Waals surface area contributed by atoms with Gasteiger partial charge < -0.3 is 15.4 Å². The first-order chi connectivity index (χ1) is 12.7. The number of aromatic nitrogens is 3. The van der Waals surface area contributed by atoms with Gasteiger partial charge >= 0.3 is 0 Å². The van der Waals surface area contributed by atoms with Gasteiger partial charge in [0.25, 0.3) is 5.91 Å². The standard InChI is InChI=1S/C20H20N4O2/c25-14-11-13(12-14)18(17-7-3-4-8-21-17)24-20(26)16-6-2-1-5-15(16)19-22-9-10-23-19/h1-10,13-14,18,25H,11-12H2,(H,22,23)(H,24,26)/t13?,14?,18-/m1/s1. The molecule has 1 aliphatic rings. The largest absolute Gasteiger partial charge is 0.393 e. The predicted molar refractivity (Wildman–Crippen MR) is 97.2 cm³/mol. The van der Waals surface area contributed by atoms with Gasteiger partial charge in [0.2, 0.25) is 0 Å². The van der Waals surface area contributed by atoms with E-state index in [0.717, 1.165) is 11.3 Å². The first-order valence-corrected chi connectivity index (χ1v) is 8.71. The third-order valence-electron chi connectivity index (χ3n) is 4.84. The fourth-order valence-corrected chi connectivity index (χ4v) is 3.41. The summed E-state index contributed by atoms with van der Waals surface area (Å²) in [6.07, 6.45) is 6.16. The van der Waals surface area contributed by atoms with Crippen molar-refractivity contribution < 1.29 is 9.90 Å². The molecule has 6 nitrogen and oxygen atoms in total. The number of aliphatic hydroxyl groups excluding tert-OH is 1. The molecule has 2 aromatic heterocycles. The van der Waals surface area contributed by atoms with Gasteiger partial charge in [-0.1, -0.05) is 24.3 Å². The number of rotatable bonds is 5. The van der Waals surface area contributed by atoms with Crippen molar-refractivity contribution in [1.29, 1.82) is 0 Å². The van der Waals surface area contributed by atoms with Gasteiger partial charge in [-0.05, 0) is 37.0 Å². The lowest BCUT2D eigenvalue weighted by molar-refractivity contribution is 0.0228. The van der Waals surface area contributed by atoms with Crippen molar-refractivity contribution in [2.45, 2.75) is 25.0 Å². The number of aromatic amines is 1. The maximum Gasteiger partial charge on any atom is 0.252 e. The highest BCUT2D eigenvalue weighted by Gasteiger charge is 2.36. The zero-order valence-electron chi connectivity index (χ0n) is 14.2. The van der Waals surface area contributed by atoms with Crippen LogP contribution in [0, 0.1) is 5.92 Å². The monoisotopic (exact) mass is 348 g/mol. The molecule has 1 amide bonds. The van der Waals surface area contributed by atoms with Crippen molar-refractivity contribution in [3.8, 4) is 11.4 Å². The van der Waals surface area contributed by atoms with Crippen molar-refractivity contribution in [3.63, 3.8) is 0 Å². The van der Waals surface area contributed by atoms with Gasteiger partial charge in [0, 0.05) is 24.2 Å². The number of imidazole rings is 1. The third kappa shape index (κ3) is 3.23. The van der Waals surface area contributed by atoms with E-state index in [1.165, 1.54) is 0 Å². The maximum absolute atomic E-state index is 13.0. The summed E-state index contributed by atoms with van der Waals surface area (Å²) in [6, 6.07) is 12.8. The first-order valence-electron chi connectivity index (χ1n) is 8.71. The molecule has 1 atom stereocenters. The van der Waals surface area contributed by atoms with Gasteiger partial charge in [0.15, 0.2) is 0 Å². The average Bonchev–Trinajstić information content (AvgIpc) is 3.19. The number of aliphatic hydroxyl groups is 1. The van der Waals surface area contributed by atoms with Crippen LogP contribution in [0.15, 0.2) is 61.1 Å². The number of carbonyl (C=O) groups excluding carboxylic acids is 1. The molecule has 26 heavy (non-hydrogen) atoms. The van der Waals surface area contributed by atoms with E-state index in [-0.39, 0.29) is 24.0 Å². The van der Waals surface area contributed by atoms with Crippen molar-refractivity contribution in [3.05, 3.63) is 72.3 Å². The molecule has 3 N–H and O–H groups in total. The number of H-pyrrole nitrogens is 1. The molecule has 0 radical (unpaired) electrons. The Labute approximate surface area is 151 Å². The minimum absolute atomic E-state index is 0.172. The van der Waals surface area contributed by atoms with Crippen LogP contribution in [0.25, 0.3) is 11.4 Å². The Hall–Kier alpha value is -2.99. The van der Waals surface area contributed by atoms with Crippen LogP contribution in [0.4, 0.5) is 0 Å². The summed E-state index contributed by atoms with van der Waals surface area (Å²) >= 11 is 0. The Morgan fingerprint density at radius 3 is 2.62 bits per heavy atom. The van der Waals surface area contributed by atoms with Gasteiger partial charge in [-0.15, -0.1) is 0 Å². The van der Waals surface area contributed by atoms with Crippen LogP contribution in [-0.4, -0.2) is 32.1 Å². The van der Waals surface area contributed by atoms with Gasteiger partial charge in [0.1, 0.15) is 5.82 Å². The molecule has 1 aromatic carbocycles. The molecule has 132 valence electrons. The number of pyridine rings is 1. The third-order valence-corrected chi connectivity index (χ3v) is 4.84. The summed E-state index contributed by atoms with van der Waals surface area (Å²) in [7, 11) is 0. The molecule has 6 heteroatoms. The summed E-state index contributed by atoms with van der Waals surface area (Å²) in [4.78, 5) is 24.7. The molecule has 0 bridgehead atoms. The second-order valence-electron chi connectivity index (χ2n) is 6.57. The second-order valence-corrected chi connectivity index (χ2v) is 6.57. The fraction of sp³-hybridized carbons (Fsp3) is 0.250. The van der Waals surface area contributed by atoms with Gasteiger partial charge in [0.05, 0.1) is 23.4 Å². The highest BCUT2D eigenvalue weighted by molar-refractivity contribution is 6.00. The molecule has 2 heterocycles. The first kappa shape index (κ1) is 16.5. The van der Waals surface area contributed by atoms with E-state index in [9.17, 15) is 9.90 Å². The average molecular weight is 348 g/mol. The fourth-order valence-electron chi connectivity index (χ4n) is 3.41. The van der Waals surface area contributed by atoms with E-state index in [1.54, 1.807) is 24.7 Å². The SMILES string of the molecule is O=C(N[C@@H](c1ccccn1)C1CC(O)C1)c1ccccc1-c1ncc[nH]1. The number of nitrogens with zero attached hydrogens (tertiary/aromatic N) is 2. The Kier molecular flexibility index (Phi) is 4.50. The number of carbonyl (C=O) groups is 1. The van der Waals surface area contributed by atoms with Crippen molar-refractivity contribution >= 4 is 5.91 Å². The molecule has 0 spiro atoms. The Morgan fingerprint density at radius 1 is 1.12 bits per heavy atom. The molecule has 3 aromatic rings. The summed E-state index contributed by atoms with van der Waals surface area (Å²) in [5.41, 5.74) is 2.12. The summed E-state index contributed by atoms with van der Waals surface area (Å²) in [5.74, 6) is 0.665. The van der Waals surface area contributed by atoms with Crippen LogP contribution >= 0.6 is 0 Å². The van der Waals surface area contributed by atoms with Crippen molar-refractivity contribution in [1.82, 2.24) is 20.3 Å². The highest BCUT2D eigenvalue weighted by atomic mass is 16.3. The van der Waals surface area contributed by atoms with E-state index in [0.29, 0.717) is 24.2 Å². The Bertz CT molecular complexity index is 874. The highest BCUT2D eigenvalue weighted by Crippen LogP contribution is 2.37. The minimum atomic E-state index is -0.293. The van der Waals surface area contributed by atoms with Crippen LogP contribution < -0.4 is 5.32 Å². The number of amides is 1. The lowest BCUT2D eigenvalue weighted by Gasteiger charge is -2.37. The number of nitrogens with one attached hydrogen (secondary N) is 2. The second kappa shape index (κ2) is 7.09. The molecule has 0 aliphatic heterocycles. The van der Waals surface area contributed by atoms with E-state index >= 15 is 0 Å². The van der Waals surface area contributed by atoms with Crippen molar-refractivity contribution in [2.75, 3.05) is 0 Å². The zero-order chi connectivity index (χ0) is 17.9. The smallest absolute Gasteiger partial charge is 0.252 e. The topological polar surface area (TPSA) is 90.9 Å². The predicted octanol–water partition coefficient (Wildman–Crippen LogP) is 2.71. The van der Waals surface area contributed by atoms with Gasteiger partial charge in [-0.25, -0.2) is 4.98 Å². The summed E-state index contributed by atoms with van der Waals surface area (Å²) in [6.45, 7) is 0. The number of hydrogen-bond acceptors (Lipinski definition) is 4. The molecule has 4 rings (SSSR count). The van der Waals surface area contributed by atoms with Crippen LogP contribution in [0.3, 0.4) is 0 Å². The van der Waals surface area contributed by atoms with Crippen LogP contribution in [0.2, 0.25) is 0 Å². The lowest BCUT2D eigenvalue weighted by atomic mass is 9.76. The molecular weight excluding hydrogens is 328 g/mol. The maximum atomic E-state index is 13.0. The molecule has 1 aliphatic carbocycles. The quantitative estimate of drug-likeness (QED) is 0.661. The van der Waals surface area contributed by atoms with E-state index in [2.05, 4.69) is 20.3 Å². The molecule has 1 saturated carbocycles. The molecule has 1 fully saturated rings. The van der Waals surface area contributed by atoms with E-state index in [1.807, 2.05) is 36.4 Å². The van der Waals surface area contributed by atoms with Gasteiger partial charge in [-0.2, -0.15) is 0 Å². The van der Waals surface area contributed by atoms with Crippen molar-refractivity contribution in [2.24, 2.45) is 5.92 Å². The van der Waals surface area contributed by atoms with Crippen LogP contribution in [0.1, 0.15) is 34.9 Å². The Morgan fingerprint density at radius 2 is 1.92 bits per heavy atom. The summed E-state index contributed by atoms with van der Waals surface area (Å²) in [5, 5.41) is 12.8. The number of hydrogen-bond donors (Lipinski definition) is 3. The minimum Gasteiger partial charge on any atom is -0.393 e. The molecular formula is C20H20N4O2. The molecule has 0 saturated heterocycles. The van der Waals surface area contributed by atoms with Crippen LogP contribution in [0.5, 0.6) is 0 Å². The summed E-state index contributed by atoms with van der Waals surface area (Å²) < 4.78 is 0. The Balaban J connectivity index is 1.62. The van der Waals surface area contributed by atoms with Gasteiger partial charge in [-0.3, -0.25) is 9.78 Å². The van der Waals surface area contributed by atoms with E-state index < -0.39 is 0 Å². The molecule has 0 unspecified atom stereocenters. The van der Waals surface area contributed by atoms with Crippen LogP contribution in [-0.2, 0) is 0 Å². The normalized spacial score (nSPS) is 20.2. The van der Waals surface area contributed by atoms with E-state index in [4.69, 9.17) is 0 Å². The lowest BCUT2D eigenvalue weighted by Crippen LogP contribution is -2.41.